The Morgan fingerprint density at radius 2 is 2.04 bits per heavy atom. The Morgan fingerprint density at radius 1 is 1.20 bits per heavy atom. The normalized spacial score (nSPS) is 12.2. The largest absolute Gasteiger partial charge is 0.352 e. The molecule has 0 saturated heterocycles. The number of amides is 1. The highest BCUT2D eigenvalue weighted by Crippen LogP contribution is 2.22. The van der Waals surface area contributed by atoms with Crippen LogP contribution >= 0.6 is 11.3 Å². The van der Waals surface area contributed by atoms with Crippen LogP contribution in [0.1, 0.15) is 27.3 Å². The smallest absolute Gasteiger partial charge is 0.251 e. The highest BCUT2D eigenvalue weighted by Gasteiger charge is 2.07. The Bertz CT molecular complexity index is 872. The molecule has 1 heterocycles. The average Bonchev–Trinajstić information content (AvgIpc) is 3.01. The summed E-state index contributed by atoms with van der Waals surface area (Å²) in [6.45, 7) is 0.610. The van der Waals surface area contributed by atoms with Crippen molar-refractivity contribution in [1.29, 1.82) is 0 Å². The number of carbonyl (C=O) groups is 1. The monoisotopic (exact) mass is 372 g/mol. The van der Waals surface area contributed by atoms with E-state index < -0.39 is 10.8 Å². The second-order valence-corrected chi connectivity index (χ2v) is 8.40. The fraction of sp³-hybridized carbons (Fsp3) is 0.263. The molecule has 4 nitrogen and oxygen atoms in total. The van der Waals surface area contributed by atoms with E-state index in [-0.39, 0.29) is 5.91 Å². The minimum atomic E-state index is -0.910. The summed E-state index contributed by atoms with van der Waals surface area (Å²) in [4.78, 5) is 16.8. The van der Waals surface area contributed by atoms with E-state index in [1.807, 2.05) is 36.4 Å². The number of carbonyl (C=O) groups excluding carboxylic acids is 1. The van der Waals surface area contributed by atoms with Crippen LogP contribution in [0.15, 0.2) is 48.5 Å². The predicted molar refractivity (Wildman–Crippen MR) is 104 cm³/mol. The molecule has 1 atom stereocenters. The fourth-order valence-electron chi connectivity index (χ4n) is 2.61. The molecule has 0 aliphatic carbocycles. The number of benzene rings is 2. The van der Waals surface area contributed by atoms with Gasteiger partial charge in [0.25, 0.3) is 5.91 Å². The molecule has 0 saturated carbocycles. The Kier molecular flexibility index (Phi) is 5.94. The number of para-hydroxylation sites is 1. The van der Waals surface area contributed by atoms with Crippen LogP contribution in [-0.4, -0.2) is 27.9 Å². The second kappa shape index (κ2) is 8.36. The molecule has 0 radical (unpaired) electrons. The highest BCUT2D eigenvalue weighted by atomic mass is 32.2. The number of rotatable bonds is 7. The van der Waals surface area contributed by atoms with Crippen LogP contribution < -0.4 is 5.32 Å². The van der Waals surface area contributed by atoms with Crippen molar-refractivity contribution in [3.63, 3.8) is 0 Å². The molecule has 0 fully saturated rings. The first-order valence-corrected chi connectivity index (χ1v) is 10.7. The van der Waals surface area contributed by atoms with Crippen molar-refractivity contribution >= 4 is 38.3 Å². The van der Waals surface area contributed by atoms with Crippen LogP contribution in [0.3, 0.4) is 0 Å². The van der Waals surface area contributed by atoms with Gasteiger partial charge in [-0.15, -0.1) is 11.3 Å². The number of fused-ring (bicyclic) bond motifs is 1. The van der Waals surface area contributed by atoms with Crippen molar-refractivity contribution in [3.05, 3.63) is 64.7 Å². The predicted octanol–water partition coefficient (Wildman–Crippen LogP) is 3.54. The van der Waals surface area contributed by atoms with Crippen molar-refractivity contribution in [2.24, 2.45) is 0 Å². The molecule has 3 rings (SSSR count). The fourth-order valence-corrected chi connectivity index (χ4v) is 4.27. The Morgan fingerprint density at radius 3 is 2.84 bits per heavy atom. The maximum atomic E-state index is 12.2. The van der Waals surface area contributed by atoms with E-state index in [9.17, 15) is 9.00 Å². The van der Waals surface area contributed by atoms with Crippen LogP contribution in [-0.2, 0) is 23.0 Å². The van der Waals surface area contributed by atoms with Crippen LogP contribution in [0, 0.1) is 0 Å². The molecule has 6 heteroatoms. The third-order valence-corrected chi connectivity index (χ3v) is 5.59. The van der Waals surface area contributed by atoms with Gasteiger partial charge in [-0.05, 0) is 36.2 Å². The maximum absolute atomic E-state index is 12.2. The van der Waals surface area contributed by atoms with E-state index in [0.29, 0.717) is 17.9 Å². The van der Waals surface area contributed by atoms with E-state index in [0.717, 1.165) is 28.9 Å². The van der Waals surface area contributed by atoms with Gasteiger partial charge in [-0.1, -0.05) is 24.3 Å². The number of aromatic nitrogens is 1. The summed E-state index contributed by atoms with van der Waals surface area (Å²) in [7, 11) is -0.910. The lowest BCUT2D eigenvalue weighted by atomic mass is 10.1. The minimum absolute atomic E-state index is 0.0898. The van der Waals surface area contributed by atoms with Gasteiger partial charge in [0.1, 0.15) is 0 Å². The topological polar surface area (TPSA) is 59.1 Å². The Labute approximate surface area is 153 Å². The first kappa shape index (κ1) is 17.8. The van der Waals surface area contributed by atoms with Gasteiger partial charge in [-0.2, -0.15) is 0 Å². The lowest BCUT2D eigenvalue weighted by Gasteiger charge is -2.06. The molecular weight excluding hydrogens is 352 g/mol. The molecule has 1 amide bonds. The minimum Gasteiger partial charge on any atom is -0.352 e. The molecule has 1 unspecified atom stereocenters. The van der Waals surface area contributed by atoms with Gasteiger partial charge in [0.15, 0.2) is 0 Å². The van der Waals surface area contributed by atoms with Gasteiger partial charge in [-0.3, -0.25) is 9.00 Å². The molecule has 0 aliphatic heterocycles. The van der Waals surface area contributed by atoms with Gasteiger partial charge in [0, 0.05) is 41.3 Å². The molecule has 1 N–H and O–H groups in total. The lowest BCUT2D eigenvalue weighted by molar-refractivity contribution is 0.0953. The number of nitrogens with one attached hydrogen (secondary N) is 1. The molecule has 0 bridgehead atoms. The number of nitrogens with zero attached hydrogens (tertiary/aromatic N) is 1. The van der Waals surface area contributed by atoms with E-state index >= 15 is 0 Å². The van der Waals surface area contributed by atoms with Gasteiger partial charge < -0.3 is 5.32 Å². The zero-order chi connectivity index (χ0) is 17.6. The van der Waals surface area contributed by atoms with Crippen LogP contribution in [0.5, 0.6) is 0 Å². The zero-order valence-electron chi connectivity index (χ0n) is 14.0. The summed E-state index contributed by atoms with van der Waals surface area (Å²) in [5, 5.41) is 4.05. The van der Waals surface area contributed by atoms with Gasteiger partial charge in [-0.25, -0.2) is 4.98 Å². The Balaban J connectivity index is 1.50. The van der Waals surface area contributed by atoms with Crippen molar-refractivity contribution in [2.45, 2.75) is 18.6 Å². The molecule has 25 heavy (non-hydrogen) atoms. The van der Waals surface area contributed by atoms with E-state index in [4.69, 9.17) is 0 Å². The van der Waals surface area contributed by atoms with Crippen molar-refractivity contribution in [1.82, 2.24) is 10.3 Å². The first-order chi connectivity index (χ1) is 12.1. The number of aryl methyl sites for hydroxylation is 1. The Hall–Kier alpha value is -2.05. The second-order valence-electron chi connectivity index (χ2n) is 5.85. The summed E-state index contributed by atoms with van der Waals surface area (Å²) in [6, 6.07) is 15.4. The summed E-state index contributed by atoms with van der Waals surface area (Å²) >= 11 is 1.71. The molecule has 0 spiro atoms. The average molecular weight is 373 g/mol. The molecule has 3 aromatic rings. The lowest BCUT2D eigenvalue weighted by Crippen LogP contribution is -2.24. The SMILES string of the molecule is CS(=O)Cc1cccc(C(=O)NCCCc2nc3ccccc3s2)c1. The third kappa shape index (κ3) is 4.96. The standard InChI is InChI=1S/C19H20N2O2S2/c1-25(23)13-14-6-4-7-15(12-14)19(22)20-11-5-10-18-21-16-8-2-3-9-17(16)24-18/h2-4,6-9,12H,5,10-11,13H2,1H3,(H,20,22). The highest BCUT2D eigenvalue weighted by molar-refractivity contribution is 7.83. The van der Waals surface area contributed by atoms with E-state index in [1.54, 1.807) is 23.7 Å². The molecule has 130 valence electrons. The van der Waals surface area contributed by atoms with Crippen LogP contribution in [0.4, 0.5) is 0 Å². The van der Waals surface area contributed by atoms with Gasteiger partial charge in [0.2, 0.25) is 0 Å². The number of hydrogen-bond acceptors (Lipinski definition) is 4. The molecule has 0 aliphatic rings. The van der Waals surface area contributed by atoms with Crippen molar-refractivity contribution < 1.29 is 9.00 Å². The summed E-state index contributed by atoms with van der Waals surface area (Å²) < 4.78 is 12.5. The molecular formula is C19H20N2O2S2. The van der Waals surface area contributed by atoms with E-state index in [1.165, 1.54) is 4.70 Å². The van der Waals surface area contributed by atoms with Crippen molar-refractivity contribution in [2.75, 3.05) is 12.8 Å². The summed E-state index contributed by atoms with van der Waals surface area (Å²) in [5.74, 6) is 0.381. The van der Waals surface area contributed by atoms with Crippen molar-refractivity contribution in [3.8, 4) is 0 Å². The maximum Gasteiger partial charge on any atom is 0.251 e. The summed E-state index contributed by atoms with van der Waals surface area (Å²) in [5.41, 5.74) is 2.57. The summed E-state index contributed by atoms with van der Waals surface area (Å²) in [6.07, 6.45) is 3.37. The molecule has 2 aromatic carbocycles. The quantitative estimate of drug-likeness (QED) is 0.646. The number of hydrogen-bond donors (Lipinski definition) is 1. The number of thiazole rings is 1. The van der Waals surface area contributed by atoms with E-state index in [2.05, 4.69) is 16.4 Å². The van der Waals surface area contributed by atoms with Crippen LogP contribution in [0.2, 0.25) is 0 Å². The zero-order valence-corrected chi connectivity index (χ0v) is 15.7. The molecule has 1 aromatic heterocycles. The van der Waals surface area contributed by atoms with Gasteiger partial charge in [0.05, 0.1) is 15.2 Å². The third-order valence-electron chi connectivity index (χ3n) is 3.75. The first-order valence-electron chi connectivity index (χ1n) is 8.13. The van der Waals surface area contributed by atoms with Crippen LogP contribution in [0.25, 0.3) is 10.2 Å². The van der Waals surface area contributed by atoms with Gasteiger partial charge >= 0.3 is 0 Å².